The van der Waals surface area contributed by atoms with Gasteiger partial charge >= 0.3 is 0 Å². The van der Waals surface area contributed by atoms with Gasteiger partial charge in [-0.2, -0.15) is 5.10 Å². The van der Waals surface area contributed by atoms with Crippen LogP contribution < -0.4 is 5.32 Å². The zero-order valence-corrected chi connectivity index (χ0v) is 12.1. The molecule has 0 aliphatic rings. The quantitative estimate of drug-likeness (QED) is 0.853. The van der Waals surface area contributed by atoms with Crippen LogP contribution in [0.5, 0.6) is 0 Å². The Hall–Kier alpha value is -0.830. The molecular formula is C14H27N3. The molecule has 3 heteroatoms. The first-order chi connectivity index (χ1) is 7.85. The summed E-state index contributed by atoms with van der Waals surface area (Å²) < 4.78 is 2.10. The first kappa shape index (κ1) is 14.2. The van der Waals surface area contributed by atoms with Crippen LogP contribution in [0.4, 0.5) is 0 Å². The summed E-state index contributed by atoms with van der Waals surface area (Å²) in [4.78, 5) is 0. The van der Waals surface area contributed by atoms with E-state index < -0.39 is 0 Å². The molecule has 17 heavy (non-hydrogen) atoms. The Morgan fingerprint density at radius 1 is 1.35 bits per heavy atom. The Labute approximate surface area is 106 Å². The third-order valence-corrected chi connectivity index (χ3v) is 3.32. The predicted molar refractivity (Wildman–Crippen MR) is 73.2 cm³/mol. The monoisotopic (exact) mass is 237 g/mol. The van der Waals surface area contributed by atoms with Gasteiger partial charge in [0, 0.05) is 29.9 Å². The van der Waals surface area contributed by atoms with Gasteiger partial charge in [-0.1, -0.05) is 13.8 Å². The Balaban J connectivity index is 2.60. The first-order valence-electron chi connectivity index (χ1n) is 6.62. The van der Waals surface area contributed by atoms with Crippen molar-refractivity contribution in [1.82, 2.24) is 15.1 Å². The normalized spacial score (nSPS) is 15.9. The maximum atomic E-state index is 4.34. The molecule has 2 unspecified atom stereocenters. The summed E-state index contributed by atoms with van der Waals surface area (Å²) in [6.07, 6.45) is 1.90. The van der Waals surface area contributed by atoms with Crippen molar-refractivity contribution in [2.75, 3.05) is 6.54 Å². The molecule has 0 aliphatic heterocycles. The van der Waals surface area contributed by atoms with Crippen molar-refractivity contribution in [1.29, 1.82) is 0 Å². The van der Waals surface area contributed by atoms with Crippen molar-refractivity contribution in [2.24, 2.45) is 5.92 Å². The van der Waals surface area contributed by atoms with Crippen LogP contribution in [0.3, 0.4) is 0 Å². The highest BCUT2D eigenvalue weighted by Crippen LogP contribution is 2.23. The summed E-state index contributed by atoms with van der Waals surface area (Å²) in [5.74, 6) is 1.14. The minimum atomic E-state index is 0.193. The largest absolute Gasteiger partial charge is 0.312 e. The average molecular weight is 237 g/mol. The molecule has 0 aromatic carbocycles. The van der Waals surface area contributed by atoms with Crippen molar-refractivity contribution in [3.05, 3.63) is 18.0 Å². The molecule has 1 rings (SSSR count). The van der Waals surface area contributed by atoms with Crippen molar-refractivity contribution in [2.45, 2.75) is 59.5 Å². The number of aryl methyl sites for hydroxylation is 1. The summed E-state index contributed by atoms with van der Waals surface area (Å²) in [5, 5.41) is 7.92. The number of hydrogen-bond acceptors (Lipinski definition) is 2. The fourth-order valence-corrected chi connectivity index (χ4v) is 1.93. The predicted octanol–water partition coefficient (Wildman–Crippen LogP) is 3.03. The summed E-state index contributed by atoms with van der Waals surface area (Å²) in [6, 6.07) is 2.14. The molecule has 3 nitrogen and oxygen atoms in total. The van der Waals surface area contributed by atoms with Crippen LogP contribution in [0.2, 0.25) is 0 Å². The fourth-order valence-electron chi connectivity index (χ4n) is 1.93. The molecule has 0 bridgehead atoms. The highest BCUT2D eigenvalue weighted by atomic mass is 15.3. The van der Waals surface area contributed by atoms with Gasteiger partial charge in [-0.15, -0.1) is 0 Å². The summed E-state index contributed by atoms with van der Waals surface area (Å²) in [7, 11) is 0. The molecule has 1 aromatic rings. The van der Waals surface area contributed by atoms with Crippen LogP contribution >= 0.6 is 0 Å². The fraction of sp³-hybridized carbons (Fsp3) is 0.786. The molecule has 0 saturated carbocycles. The molecule has 0 spiro atoms. The van der Waals surface area contributed by atoms with Crippen molar-refractivity contribution < 1.29 is 0 Å². The van der Waals surface area contributed by atoms with Crippen molar-refractivity contribution in [3.8, 4) is 0 Å². The third kappa shape index (κ3) is 4.15. The Morgan fingerprint density at radius 2 is 2.00 bits per heavy atom. The minimum Gasteiger partial charge on any atom is -0.312 e. The van der Waals surface area contributed by atoms with Gasteiger partial charge in [0.05, 0.1) is 0 Å². The van der Waals surface area contributed by atoms with E-state index in [1.807, 2.05) is 6.20 Å². The summed E-state index contributed by atoms with van der Waals surface area (Å²) in [5.41, 5.74) is 1.54. The molecule has 1 N–H and O–H groups in total. The smallest absolute Gasteiger partial charge is 0.0492 e. The molecule has 0 amide bonds. The van der Waals surface area contributed by atoms with Crippen LogP contribution in [0.15, 0.2) is 12.3 Å². The third-order valence-electron chi connectivity index (χ3n) is 3.32. The Morgan fingerprint density at radius 3 is 2.53 bits per heavy atom. The van der Waals surface area contributed by atoms with Crippen molar-refractivity contribution >= 4 is 0 Å². The number of rotatable bonds is 5. The number of aromatic nitrogens is 2. The average Bonchev–Trinajstić information content (AvgIpc) is 2.71. The van der Waals surface area contributed by atoms with E-state index in [-0.39, 0.29) is 5.54 Å². The van der Waals surface area contributed by atoms with E-state index in [4.69, 9.17) is 0 Å². The highest BCUT2D eigenvalue weighted by molar-refractivity contribution is 5.08. The van der Waals surface area contributed by atoms with Gasteiger partial charge in [0.25, 0.3) is 0 Å². The second-order valence-corrected chi connectivity index (χ2v) is 5.97. The van der Waals surface area contributed by atoms with Gasteiger partial charge in [0.2, 0.25) is 0 Å². The lowest BCUT2D eigenvalue weighted by atomic mass is 9.92. The molecule has 0 fully saturated rings. The lowest BCUT2D eigenvalue weighted by Crippen LogP contribution is -2.39. The van der Waals surface area contributed by atoms with Crippen LogP contribution in [0.25, 0.3) is 0 Å². The molecule has 0 aliphatic carbocycles. The van der Waals surface area contributed by atoms with Crippen LogP contribution in [0.1, 0.15) is 53.2 Å². The first-order valence-corrected chi connectivity index (χ1v) is 6.62. The summed E-state index contributed by atoms with van der Waals surface area (Å²) >= 11 is 0. The zero-order chi connectivity index (χ0) is 13.1. The Kier molecular flexibility index (Phi) is 4.75. The molecular weight excluding hydrogens is 210 g/mol. The number of nitrogens with one attached hydrogen (secondary N) is 1. The lowest BCUT2D eigenvalue weighted by molar-refractivity contribution is 0.351. The van der Waals surface area contributed by atoms with Gasteiger partial charge in [0.15, 0.2) is 0 Å². The van der Waals surface area contributed by atoms with E-state index in [2.05, 4.69) is 62.7 Å². The van der Waals surface area contributed by atoms with E-state index in [0.717, 1.165) is 13.1 Å². The van der Waals surface area contributed by atoms with Gasteiger partial charge in [0.1, 0.15) is 0 Å². The molecule has 98 valence electrons. The second kappa shape index (κ2) is 5.67. The lowest BCUT2D eigenvalue weighted by Gasteiger charge is -2.27. The standard InChI is InChI=1S/C14H27N3/c1-7-17-13(8-9-16-17)12(3)11(2)10-15-14(4,5)6/h8-9,11-12,15H,7,10H2,1-6H3. The highest BCUT2D eigenvalue weighted by Gasteiger charge is 2.19. The van der Waals surface area contributed by atoms with Crippen LogP contribution in [0, 0.1) is 5.92 Å². The SMILES string of the molecule is CCn1nccc1C(C)C(C)CNC(C)(C)C. The van der Waals surface area contributed by atoms with Crippen molar-refractivity contribution in [3.63, 3.8) is 0 Å². The minimum absolute atomic E-state index is 0.193. The van der Waals surface area contributed by atoms with Gasteiger partial charge in [-0.3, -0.25) is 4.68 Å². The molecule has 0 radical (unpaired) electrons. The van der Waals surface area contributed by atoms with E-state index in [9.17, 15) is 0 Å². The molecule has 1 heterocycles. The molecule has 2 atom stereocenters. The maximum absolute atomic E-state index is 4.34. The second-order valence-electron chi connectivity index (χ2n) is 5.97. The van der Waals surface area contributed by atoms with E-state index in [0.29, 0.717) is 11.8 Å². The van der Waals surface area contributed by atoms with Gasteiger partial charge in [-0.05, 0) is 46.2 Å². The summed E-state index contributed by atoms with van der Waals surface area (Å²) in [6.45, 7) is 15.4. The topological polar surface area (TPSA) is 29.9 Å². The number of nitrogens with zero attached hydrogens (tertiary/aromatic N) is 2. The van der Waals surface area contributed by atoms with E-state index in [1.165, 1.54) is 5.69 Å². The van der Waals surface area contributed by atoms with E-state index >= 15 is 0 Å². The zero-order valence-electron chi connectivity index (χ0n) is 12.1. The van der Waals surface area contributed by atoms with Crippen LogP contribution in [-0.4, -0.2) is 21.9 Å². The van der Waals surface area contributed by atoms with Gasteiger partial charge < -0.3 is 5.32 Å². The van der Waals surface area contributed by atoms with E-state index in [1.54, 1.807) is 0 Å². The van der Waals surface area contributed by atoms with Crippen LogP contribution in [-0.2, 0) is 6.54 Å². The maximum Gasteiger partial charge on any atom is 0.0492 e. The molecule has 1 aromatic heterocycles. The Bertz CT molecular complexity index is 335. The molecule has 0 saturated heterocycles. The van der Waals surface area contributed by atoms with Gasteiger partial charge in [-0.25, -0.2) is 0 Å². The number of hydrogen-bond donors (Lipinski definition) is 1.